The van der Waals surface area contributed by atoms with Crippen molar-refractivity contribution in [1.29, 1.82) is 0 Å². The predicted molar refractivity (Wildman–Crippen MR) is 163 cm³/mol. The van der Waals surface area contributed by atoms with Gasteiger partial charge in [-0.3, -0.25) is 19.3 Å². The van der Waals surface area contributed by atoms with Crippen LogP contribution in [0.25, 0.3) is 0 Å². The highest BCUT2D eigenvalue weighted by Crippen LogP contribution is 2.61. The highest BCUT2D eigenvalue weighted by atomic mass is 16.5. The molecule has 1 heterocycles. The molecule has 4 aromatic carbocycles. The van der Waals surface area contributed by atoms with E-state index in [1.165, 1.54) is 22.6 Å². The number of ether oxygens (including phenoxy) is 2. The molecular formula is C36H30N2O6. The third-order valence-corrected chi connectivity index (χ3v) is 9.06. The van der Waals surface area contributed by atoms with Crippen LogP contribution in [-0.2, 0) is 19.1 Å². The number of nitrogens with one attached hydrogen (secondary N) is 1. The number of imide groups is 1. The number of para-hydroxylation sites is 1. The number of carbonyl (C=O) groups excluding carboxylic acids is 4. The van der Waals surface area contributed by atoms with Crippen molar-refractivity contribution in [2.45, 2.75) is 18.8 Å². The van der Waals surface area contributed by atoms with Crippen LogP contribution in [0.15, 0.2) is 109 Å². The van der Waals surface area contributed by atoms with Crippen molar-refractivity contribution < 1.29 is 28.7 Å². The molecule has 44 heavy (non-hydrogen) atoms. The average molecular weight is 587 g/mol. The maximum absolute atomic E-state index is 13.6. The van der Waals surface area contributed by atoms with Crippen molar-refractivity contribution in [1.82, 2.24) is 0 Å². The number of nitrogens with zero attached hydrogens (tertiary/aromatic N) is 1. The zero-order valence-electron chi connectivity index (χ0n) is 23.8. The SMILES string of the molecule is O=C(COC(=O)c1ccc(N2C(=O)[C@@H]3[C@@H]4C[C@@H]([C@H]3C2=O)[C@@H](c2ccccc2)C4)cc1)Nc1ccc(Oc2ccccc2)cc1. The Morgan fingerprint density at radius 2 is 1.36 bits per heavy atom. The molecule has 4 aromatic rings. The molecule has 1 saturated heterocycles. The lowest BCUT2D eigenvalue weighted by Crippen LogP contribution is -2.33. The van der Waals surface area contributed by atoms with Gasteiger partial charge < -0.3 is 14.8 Å². The standard InChI is InChI=1S/C36H30N2O6/c39-31(37-25-13-17-28(18-14-25)44-27-9-5-2-6-10-27)21-43-36(42)23-11-15-26(16-12-23)38-34(40)32-24-19-29(22-7-3-1-4-8-22)30(20-24)33(32)35(38)41/h1-18,24,29-30,32-33H,19-21H2,(H,37,39)/t24-,29+,30+,32+,33+/m0/s1. The van der Waals surface area contributed by atoms with Gasteiger partial charge in [-0.05, 0) is 96.8 Å². The third kappa shape index (κ3) is 5.13. The summed E-state index contributed by atoms with van der Waals surface area (Å²) >= 11 is 0. The monoisotopic (exact) mass is 586 g/mol. The lowest BCUT2D eigenvalue weighted by atomic mass is 9.73. The molecule has 0 spiro atoms. The van der Waals surface area contributed by atoms with Crippen molar-refractivity contribution in [3.05, 3.63) is 120 Å². The number of rotatable bonds is 8. The summed E-state index contributed by atoms with van der Waals surface area (Å²) in [5.41, 5.74) is 2.43. The van der Waals surface area contributed by atoms with E-state index in [0.29, 0.717) is 28.8 Å². The number of fused-ring (bicyclic) bond motifs is 5. The third-order valence-electron chi connectivity index (χ3n) is 9.06. The summed E-state index contributed by atoms with van der Waals surface area (Å²) in [6.07, 6.45) is 1.83. The summed E-state index contributed by atoms with van der Waals surface area (Å²) in [6.45, 7) is -0.472. The van der Waals surface area contributed by atoms with Gasteiger partial charge in [0.25, 0.3) is 5.91 Å². The molecule has 1 N–H and O–H groups in total. The van der Waals surface area contributed by atoms with Crippen molar-refractivity contribution in [2.75, 3.05) is 16.8 Å². The Bertz CT molecular complexity index is 1710. The van der Waals surface area contributed by atoms with E-state index in [1.54, 1.807) is 36.4 Å². The largest absolute Gasteiger partial charge is 0.457 e. The Morgan fingerprint density at radius 1 is 0.727 bits per heavy atom. The van der Waals surface area contributed by atoms with E-state index < -0.39 is 18.5 Å². The normalized spacial score (nSPS) is 23.4. The molecule has 8 nitrogen and oxygen atoms in total. The van der Waals surface area contributed by atoms with Crippen LogP contribution in [0, 0.1) is 23.7 Å². The van der Waals surface area contributed by atoms with Crippen molar-refractivity contribution in [3.63, 3.8) is 0 Å². The Balaban J connectivity index is 0.937. The summed E-state index contributed by atoms with van der Waals surface area (Å²) < 4.78 is 10.9. The summed E-state index contributed by atoms with van der Waals surface area (Å²) in [5, 5.41) is 2.69. The number of amides is 3. The zero-order valence-corrected chi connectivity index (χ0v) is 23.8. The fraction of sp³-hybridized carbons (Fsp3) is 0.222. The second kappa shape index (κ2) is 11.4. The van der Waals surface area contributed by atoms with Crippen LogP contribution in [0.3, 0.4) is 0 Å². The summed E-state index contributed by atoms with van der Waals surface area (Å²) in [5.74, 6) is -0.0691. The first-order chi connectivity index (χ1) is 21.5. The van der Waals surface area contributed by atoms with Crippen LogP contribution in [0.4, 0.5) is 11.4 Å². The fourth-order valence-corrected chi connectivity index (χ4v) is 7.19. The molecule has 2 saturated carbocycles. The molecule has 3 aliphatic rings. The summed E-state index contributed by atoms with van der Waals surface area (Å²) in [4.78, 5) is 53.3. The van der Waals surface area contributed by atoms with Crippen LogP contribution < -0.4 is 15.0 Å². The highest BCUT2D eigenvalue weighted by molar-refractivity contribution is 6.22. The molecule has 0 aromatic heterocycles. The van der Waals surface area contributed by atoms with Crippen LogP contribution in [0.1, 0.15) is 34.7 Å². The zero-order chi connectivity index (χ0) is 30.2. The van der Waals surface area contributed by atoms with Gasteiger partial charge in [-0.1, -0.05) is 48.5 Å². The van der Waals surface area contributed by atoms with Gasteiger partial charge in [0.1, 0.15) is 11.5 Å². The predicted octanol–water partition coefficient (Wildman–Crippen LogP) is 6.20. The fourth-order valence-electron chi connectivity index (χ4n) is 7.19. The molecule has 1 aliphatic heterocycles. The number of carbonyl (C=O) groups is 4. The van der Waals surface area contributed by atoms with Gasteiger partial charge in [-0.2, -0.15) is 0 Å². The second-order valence-electron chi connectivity index (χ2n) is 11.6. The van der Waals surface area contributed by atoms with Crippen LogP contribution >= 0.6 is 0 Å². The number of hydrogen-bond donors (Lipinski definition) is 1. The van der Waals surface area contributed by atoms with Gasteiger partial charge in [0.15, 0.2) is 6.61 Å². The molecular weight excluding hydrogens is 556 g/mol. The maximum Gasteiger partial charge on any atom is 0.338 e. The van der Waals surface area contributed by atoms with E-state index >= 15 is 0 Å². The Kier molecular flexibility index (Phi) is 7.18. The van der Waals surface area contributed by atoms with E-state index in [1.807, 2.05) is 48.5 Å². The minimum Gasteiger partial charge on any atom is -0.457 e. The molecule has 7 rings (SSSR count). The molecule has 5 atom stereocenters. The van der Waals surface area contributed by atoms with Gasteiger partial charge >= 0.3 is 5.97 Å². The summed E-state index contributed by atoms with van der Waals surface area (Å²) in [6, 6.07) is 32.6. The van der Waals surface area contributed by atoms with Gasteiger partial charge in [-0.15, -0.1) is 0 Å². The highest BCUT2D eigenvalue weighted by Gasteiger charge is 2.64. The molecule has 3 amide bonds. The van der Waals surface area contributed by atoms with Gasteiger partial charge in [-0.25, -0.2) is 4.79 Å². The molecule has 0 radical (unpaired) electrons. The van der Waals surface area contributed by atoms with Crippen LogP contribution in [0.2, 0.25) is 0 Å². The topological polar surface area (TPSA) is 102 Å². The van der Waals surface area contributed by atoms with Gasteiger partial charge in [0.2, 0.25) is 11.8 Å². The van der Waals surface area contributed by atoms with E-state index in [2.05, 4.69) is 17.4 Å². The molecule has 0 unspecified atom stereocenters. The average Bonchev–Trinajstić information content (AvgIpc) is 3.73. The molecule has 2 bridgehead atoms. The lowest BCUT2D eigenvalue weighted by molar-refractivity contribution is -0.123. The number of hydrogen-bond acceptors (Lipinski definition) is 6. The van der Waals surface area contributed by atoms with Crippen molar-refractivity contribution >= 4 is 35.1 Å². The number of esters is 1. The first kappa shape index (κ1) is 27.6. The first-order valence-corrected chi connectivity index (χ1v) is 14.8. The van der Waals surface area contributed by atoms with Crippen molar-refractivity contribution in [2.24, 2.45) is 23.7 Å². The van der Waals surface area contributed by atoms with E-state index in [4.69, 9.17) is 9.47 Å². The van der Waals surface area contributed by atoms with Crippen LogP contribution in [0.5, 0.6) is 11.5 Å². The van der Waals surface area contributed by atoms with E-state index in [0.717, 1.165) is 12.8 Å². The van der Waals surface area contributed by atoms with Gasteiger partial charge in [0.05, 0.1) is 23.1 Å². The minimum atomic E-state index is -0.682. The quantitative estimate of drug-likeness (QED) is 0.195. The number of benzene rings is 4. The molecule has 8 heteroatoms. The molecule has 3 fully saturated rings. The molecule has 220 valence electrons. The first-order valence-electron chi connectivity index (χ1n) is 14.8. The summed E-state index contributed by atoms with van der Waals surface area (Å²) in [7, 11) is 0. The Hall–Kier alpha value is -5.24. The van der Waals surface area contributed by atoms with E-state index in [-0.39, 0.29) is 41.0 Å². The van der Waals surface area contributed by atoms with Gasteiger partial charge in [0, 0.05) is 5.69 Å². The molecule has 2 aliphatic carbocycles. The smallest absolute Gasteiger partial charge is 0.338 e. The van der Waals surface area contributed by atoms with E-state index in [9.17, 15) is 19.2 Å². The van der Waals surface area contributed by atoms with Crippen molar-refractivity contribution in [3.8, 4) is 11.5 Å². The number of anilines is 2. The minimum absolute atomic E-state index is 0.148. The van der Waals surface area contributed by atoms with Crippen LogP contribution in [-0.4, -0.2) is 30.3 Å². The second-order valence-corrected chi connectivity index (χ2v) is 11.6. The lowest BCUT2D eigenvalue weighted by Gasteiger charge is -2.28. The Morgan fingerprint density at radius 3 is 2.07 bits per heavy atom. The Labute approximate surface area is 254 Å². The maximum atomic E-state index is 13.6.